The van der Waals surface area contributed by atoms with E-state index in [0.717, 1.165) is 45.1 Å². The molecule has 2 fully saturated rings. The van der Waals surface area contributed by atoms with Crippen molar-refractivity contribution in [2.45, 2.75) is 57.0 Å². The molecular weight excluding hydrogens is 232 g/mol. The molecule has 5 heteroatoms. The molecule has 2 rings (SSSR count). The summed E-state index contributed by atoms with van der Waals surface area (Å²) in [6.07, 6.45) is 6.42. The predicted molar refractivity (Wildman–Crippen MR) is 67.2 cm³/mol. The van der Waals surface area contributed by atoms with E-state index in [-0.39, 0.29) is 11.9 Å². The summed E-state index contributed by atoms with van der Waals surface area (Å²) in [5.41, 5.74) is 0. The highest BCUT2D eigenvalue weighted by atomic mass is 16.4. The summed E-state index contributed by atoms with van der Waals surface area (Å²) in [5.74, 6) is -0.870. The molecule has 2 heterocycles. The van der Waals surface area contributed by atoms with Crippen LogP contribution in [0.4, 0.5) is 0 Å². The highest BCUT2D eigenvalue weighted by Gasteiger charge is 2.34. The summed E-state index contributed by atoms with van der Waals surface area (Å²) in [4.78, 5) is 25.3. The number of hydrogen-bond donors (Lipinski definition) is 2. The maximum Gasteiger partial charge on any atom is 0.326 e. The summed E-state index contributed by atoms with van der Waals surface area (Å²) >= 11 is 0. The number of aliphatic carboxylic acids is 1. The fourth-order valence-corrected chi connectivity index (χ4v) is 2.90. The molecule has 0 aromatic heterocycles. The smallest absolute Gasteiger partial charge is 0.326 e. The number of carbonyl (C=O) groups excluding carboxylic acids is 1. The molecule has 2 aliphatic heterocycles. The summed E-state index contributed by atoms with van der Waals surface area (Å²) in [6.45, 7) is 1.45. The first-order chi connectivity index (χ1) is 8.70. The minimum absolute atomic E-state index is 0.0122. The Bertz CT molecular complexity index is 313. The molecular formula is C13H22N2O3. The number of hydrogen-bond acceptors (Lipinski definition) is 3. The lowest BCUT2D eigenvalue weighted by Crippen LogP contribution is -2.52. The molecule has 2 saturated heterocycles. The molecule has 0 radical (unpaired) electrons. The first kappa shape index (κ1) is 13.3. The van der Waals surface area contributed by atoms with Crippen LogP contribution in [0.2, 0.25) is 0 Å². The monoisotopic (exact) mass is 254 g/mol. The van der Waals surface area contributed by atoms with Crippen LogP contribution in [-0.2, 0) is 9.59 Å². The van der Waals surface area contributed by atoms with Gasteiger partial charge in [-0.2, -0.15) is 0 Å². The van der Waals surface area contributed by atoms with Crippen LogP contribution in [0.25, 0.3) is 0 Å². The fraction of sp³-hybridized carbons (Fsp3) is 0.846. The van der Waals surface area contributed by atoms with Gasteiger partial charge in [-0.15, -0.1) is 0 Å². The number of nitrogens with zero attached hydrogens (tertiary/aromatic N) is 1. The van der Waals surface area contributed by atoms with E-state index < -0.39 is 12.0 Å². The van der Waals surface area contributed by atoms with Gasteiger partial charge in [-0.05, 0) is 32.2 Å². The van der Waals surface area contributed by atoms with Crippen LogP contribution in [-0.4, -0.2) is 47.1 Å². The number of amides is 1. The second kappa shape index (κ2) is 6.18. The van der Waals surface area contributed by atoms with Gasteiger partial charge in [-0.1, -0.05) is 19.3 Å². The predicted octanol–water partition coefficient (Wildman–Crippen LogP) is 0.984. The molecule has 2 aliphatic rings. The first-order valence-electron chi connectivity index (χ1n) is 6.97. The molecule has 1 amide bonds. The van der Waals surface area contributed by atoms with Crippen LogP contribution in [0, 0.1) is 0 Å². The van der Waals surface area contributed by atoms with Crippen molar-refractivity contribution in [3.05, 3.63) is 0 Å². The second-order valence-electron chi connectivity index (χ2n) is 5.24. The SMILES string of the molecule is O=C(O)C1CCCCCCN1C(=O)[C@@H]1CCCN1. The molecule has 2 atom stereocenters. The van der Waals surface area contributed by atoms with E-state index in [2.05, 4.69) is 5.32 Å². The maximum atomic E-state index is 12.4. The zero-order valence-electron chi connectivity index (χ0n) is 10.7. The molecule has 0 spiro atoms. The number of carboxylic acids is 1. The van der Waals surface area contributed by atoms with Crippen molar-refractivity contribution >= 4 is 11.9 Å². The van der Waals surface area contributed by atoms with Crippen molar-refractivity contribution in [3.63, 3.8) is 0 Å². The fourth-order valence-electron chi connectivity index (χ4n) is 2.90. The number of likely N-dealkylation sites (tertiary alicyclic amines) is 1. The van der Waals surface area contributed by atoms with Gasteiger partial charge >= 0.3 is 5.97 Å². The third-order valence-electron chi connectivity index (χ3n) is 3.93. The van der Waals surface area contributed by atoms with Gasteiger partial charge in [0.05, 0.1) is 6.04 Å². The van der Waals surface area contributed by atoms with Gasteiger partial charge in [0.2, 0.25) is 5.91 Å². The van der Waals surface area contributed by atoms with E-state index in [1.165, 1.54) is 0 Å². The standard InChI is InChI=1S/C13H22N2O3/c16-12(10-6-5-8-14-10)15-9-4-2-1-3-7-11(15)13(17)18/h10-11,14H,1-9H2,(H,17,18)/t10-,11?/m0/s1. The van der Waals surface area contributed by atoms with Gasteiger partial charge in [-0.25, -0.2) is 4.79 Å². The Morgan fingerprint density at radius 1 is 1.06 bits per heavy atom. The van der Waals surface area contributed by atoms with Crippen LogP contribution in [0.5, 0.6) is 0 Å². The van der Waals surface area contributed by atoms with Gasteiger partial charge < -0.3 is 15.3 Å². The normalized spacial score (nSPS) is 29.7. The van der Waals surface area contributed by atoms with Crippen LogP contribution in [0.1, 0.15) is 44.9 Å². The Balaban J connectivity index is 2.07. The van der Waals surface area contributed by atoms with Crippen molar-refractivity contribution in [3.8, 4) is 0 Å². The van der Waals surface area contributed by atoms with Crippen molar-refractivity contribution < 1.29 is 14.7 Å². The van der Waals surface area contributed by atoms with E-state index in [4.69, 9.17) is 0 Å². The lowest BCUT2D eigenvalue weighted by atomic mass is 10.0. The molecule has 0 aliphatic carbocycles. The number of carboxylic acid groups (broad SMARTS) is 1. The van der Waals surface area contributed by atoms with Crippen molar-refractivity contribution in [1.29, 1.82) is 0 Å². The molecule has 1 unspecified atom stereocenters. The van der Waals surface area contributed by atoms with Crippen LogP contribution < -0.4 is 5.32 Å². The van der Waals surface area contributed by atoms with Crippen LogP contribution >= 0.6 is 0 Å². The van der Waals surface area contributed by atoms with Crippen LogP contribution in [0.3, 0.4) is 0 Å². The Morgan fingerprint density at radius 3 is 2.50 bits per heavy atom. The van der Waals surface area contributed by atoms with Crippen molar-refractivity contribution in [2.75, 3.05) is 13.1 Å². The average molecular weight is 254 g/mol. The topological polar surface area (TPSA) is 69.6 Å². The van der Waals surface area contributed by atoms with Gasteiger partial charge in [0.15, 0.2) is 0 Å². The zero-order chi connectivity index (χ0) is 13.0. The van der Waals surface area contributed by atoms with Crippen molar-refractivity contribution in [2.24, 2.45) is 0 Å². The lowest BCUT2D eigenvalue weighted by molar-refractivity contribution is -0.151. The van der Waals surface area contributed by atoms with Gasteiger partial charge in [0, 0.05) is 6.54 Å². The minimum Gasteiger partial charge on any atom is -0.480 e. The number of nitrogens with one attached hydrogen (secondary N) is 1. The summed E-state index contributed by atoms with van der Waals surface area (Å²) in [6, 6.07) is -0.786. The summed E-state index contributed by atoms with van der Waals surface area (Å²) in [5, 5.41) is 12.5. The van der Waals surface area contributed by atoms with E-state index in [9.17, 15) is 14.7 Å². The van der Waals surface area contributed by atoms with Gasteiger partial charge in [0.25, 0.3) is 0 Å². The maximum absolute atomic E-state index is 12.4. The average Bonchev–Trinajstić information content (AvgIpc) is 2.80. The highest BCUT2D eigenvalue weighted by molar-refractivity contribution is 5.87. The zero-order valence-corrected chi connectivity index (χ0v) is 10.7. The quantitative estimate of drug-likeness (QED) is 0.771. The van der Waals surface area contributed by atoms with Gasteiger partial charge in [-0.3, -0.25) is 4.79 Å². The van der Waals surface area contributed by atoms with E-state index in [0.29, 0.717) is 13.0 Å². The Morgan fingerprint density at radius 2 is 1.83 bits per heavy atom. The lowest BCUT2D eigenvalue weighted by Gasteiger charge is -2.32. The summed E-state index contributed by atoms with van der Waals surface area (Å²) < 4.78 is 0. The molecule has 102 valence electrons. The van der Waals surface area contributed by atoms with Crippen molar-refractivity contribution in [1.82, 2.24) is 10.2 Å². The third-order valence-corrected chi connectivity index (χ3v) is 3.93. The van der Waals surface area contributed by atoms with Crippen LogP contribution in [0.15, 0.2) is 0 Å². The molecule has 0 aromatic carbocycles. The van der Waals surface area contributed by atoms with E-state index >= 15 is 0 Å². The Kier molecular flexibility index (Phi) is 4.58. The molecule has 2 N–H and O–H groups in total. The molecule has 18 heavy (non-hydrogen) atoms. The Labute approximate surface area is 108 Å². The first-order valence-corrected chi connectivity index (χ1v) is 6.97. The number of rotatable bonds is 2. The number of carbonyl (C=O) groups is 2. The Hall–Kier alpha value is -1.10. The molecule has 0 saturated carbocycles. The molecule has 0 aromatic rings. The third kappa shape index (κ3) is 3.02. The van der Waals surface area contributed by atoms with E-state index in [1.54, 1.807) is 4.90 Å². The second-order valence-corrected chi connectivity index (χ2v) is 5.24. The molecule has 0 bridgehead atoms. The van der Waals surface area contributed by atoms with Gasteiger partial charge in [0.1, 0.15) is 6.04 Å². The largest absolute Gasteiger partial charge is 0.480 e. The minimum atomic E-state index is -0.858. The highest BCUT2D eigenvalue weighted by Crippen LogP contribution is 2.19. The summed E-state index contributed by atoms with van der Waals surface area (Å²) in [7, 11) is 0. The molecule has 5 nitrogen and oxygen atoms in total. The van der Waals surface area contributed by atoms with E-state index in [1.807, 2.05) is 0 Å².